The zero-order valence-corrected chi connectivity index (χ0v) is 5.79. The lowest BCUT2D eigenvalue weighted by Crippen LogP contribution is -1.84. The lowest BCUT2D eigenvalue weighted by atomic mass is 10.1. The van der Waals surface area contributed by atoms with E-state index < -0.39 is 6.17 Å². The van der Waals surface area contributed by atoms with Gasteiger partial charge in [-0.3, -0.25) is 0 Å². The molecule has 1 nitrogen and oxygen atoms in total. The molecule has 1 aliphatic rings. The number of aliphatic hydroxyl groups excluding tert-OH is 1. The quantitative estimate of drug-likeness (QED) is 0.602. The molecule has 1 N–H and O–H groups in total. The van der Waals surface area contributed by atoms with Crippen molar-refractivity contribution in [3.05, 3.63) is 41.5 Å². The highest BCUT2D eigenvalue weighted by atomic mass is 19.1. The summed E-state index contributed by atoms with van der Waals surface area (Å²) < 4.78 is 12.9. The van der Waals surface area contributed by atoms with E-state index in [-0.39, 0.29) is 5.76 Å². The second-order valence-electron chi connectivity index (χ2n) is 2.54. The maximum Gasteiger partial charge on any atom is 0.148 e. The molecule has 0 bridgehead atoms. The highest BCUT2D eigenvalue weighted by molar-refractivity contribution is 5.68. The van der Waals surface area contributed by atoms with Gasteiger partial charge in [-0.1, -0.05) is 24.3 Å². The summed E-state index contributed by atoms with van der Waals surface area (Å²) >= 11 is 0. The fourth-order valence-corrected chi connectivity index (χ4v) is 1.29. The molecule has 1 atom stereocenters. The van der Waals surface area contributed by atoms with Crippen LogP contribution in [0.4, 0.5) is 4.39 Å². The molecule has 2 rings (SSSR count). The molecule has 1 unspecified atom stereocenters. The Kier molecular flexibility index (Phi) is 1.22. The maximum atomic E-state index is 12.9. The minimum Gasteiger partial charge on any atom is -0.508 e. The maximum absolute atomic E-state index is 12.9. The number of hydrogen-bond donors (Lipinski definition) is 1. The van der Waals surface area contributed by atoms with Crippen molar-refractivity contribution in [1.82, 2.24) is 0 Å². The van der Waals surface area contributed by atoms with Gasteiger partial charge < -0.3 is 5.11 Å². The molecule has 0 fully saturated rings. The largest absolute Gasteiger partial charge is 0.508 e. The highest BCUT2D eigenvalue weighted by Crippen LogP contribution is 2.34. The summed E-state index contributed by atoms with van der Waals surface area (Å²) in [7, 11) is 0. The highest BCUT2D eigenvalue weighted by Gasteiger charge is 2.21. The van der Waals surface area contributed by atoms with Crippen molar-refractivity contribution in [3.63, 3.8) is 0 Å². The lowest BCUT2D eigenvalue weighted by Gasteiger charge is -1.99. The number of allylic oxidation sites excluding steroid dienone is 1. The van der Waals surface area contributed by atoms with Gasteiger partial charge in [-0.2, -0.15) is 0 Å². The Hall–Kier alpha value is -1.31. The first-order valence-corrected chi connectivity index (χ1v) is 3.43. The molecular formula is C9H7FO. The third-order valence-corrected chi connectivity index (χ3v) is 1.84. The van der Waals surface area contributed by atoms with Crippen molar-refractivity contribution < 1.29 is 9.50 Å². The van der Waals surface area contributed by atoms with Crippen molar-refractivity contribution in [2.45, 2.75) is 6.17 Å². The average Bonchev–Trinajstić information content (AvgIpc) is 2.30. The van der Waals surface area contributed by atoms with Crippen molar-refractivity contribution >= 4 is 5.76 Å². The number of alkyl halides is 1. The average molecular weight is 150 g/mol. The summed E-state index contributed by atoms with van der Waals surface area (Å²) in [4.78, 5) is 0. The van der Waals surface area contributed by atoms with Crippen LogP contribution in [0.3, 0.4) is 0 Å². The molecule has 1 aromatic carbocycles. The molecule has 0 amide bonds. The minimum atomic E-state index is -1.13. The monoisotopic (exact) mass is 150 g/mol. The van der Waals surface area contributed by atoms with Crippen LogP contribution in [0.25, 0.3) is 5.76 Å². The van der Waals surface area contributed by atoms with Crippen molar-refractivity contribution in [1.29, 1.82) is 0 Å². The van der Waals surface area contributed by atoms with E-state index in [2.05, 4.69) is 0 Å². The first-order valence-electron chi connectivity index (χ1n) is 3.43. The molecule has 1 aliphatic carbocycles. The van der Waals surface area contributed by atoms with E-state index >= 15 is 0 Å². The number of aliphatic hydroxyl groups is 1. The van der Waals surface area contributed by atoms with Gasteiger partial charge >= 0.3 is 0 Å². The summed E-state index contributed by atoms with van der Waals surface area (Å²) in [5.74, 6) is 0.0492. The predicted octanol–water partition coefficient (Wildman–Crippen LogP) is 2.61. The Morgan fingerprint density at radius 1 is 1.27 bits per heavy atom. The first-order chi connectivity index (χ1) is 5.29. The summed E-state index contributed by atoms with van der Waals surface area (Å²) in [6.07, 6.45) is 0.0798. The van der Waals surface area contributed by atoms with E-state index in [9.17, 15) is 9.50 Å². The standard InChI is InChI=1S/C9H7FO/c10-8-5-9(11)7-4-2-1-3-6(7)8/h1-5,8,11H. The zero-order chi connectivity index (χ0) is 7.84. The van der Waals surface area contributed by atoms with E-state index in [1.165, 1.54) is 6.08 Å². The molecule has 2 heteroatoms. The number of hydrogen-bond acceptors (Lipinski definition) is 1. The Morgan fingerprint density at radius 3 is 2.73 bits per heavy atom. The van der Waals surface area contributed by atoms with Gasteiger partial charge in [-0.15, -0.1) is 0 Å². The molecule has 11 heavy (non-hydrogen) atoms. The molecule has 0 aromatic heterocycles. The Morgan fingerprint density at radius 2 is 2.00 bits per heavy atom. The minimum absolute atomic E-state index is 0.0492. The molecule has 0 aliphatic heterocycles. The number of rotatable bonds is 0. The number of benzene rings is 1. The van der Waals surface area contributed by atoms with E-state index in [4.69, 9.17) is 0 Å². The van der Waals surface area contributed by atoms with Gasteiger partial charge in [0, 0.05) is 11.1 Å². The van der Waals surface area contributed by atoms with E-state index in [0.717, 1.165) is 0 Å². The summed E-state index contributed by atoms with van der Waals surface area (Å²) in [5, 5.41) is 9.17. The second kappa shape index (κ2) is 2.09. The smallest absolute Gasteiger partial charge is 0.148 e. The lowest BCUT2D eigenvalue weighted by molar-refractivity contribution is 0.416. The first kappa shape index (κ1) is 6.40. The predicted molar refractivity (Wildman–Crippen MR) is 40.9 cm³/mol. The van der Waals surface area contributed by atoms with Crippen LogP contribution in [-0.2, 0) is 0 Å². The zero-order valence-electron chi connectivity index (χ0n) is 5.79. The number of fused-ring (bicyclic) bond motifs is 1. The molecule has 0 saturated heterocycles. The van der Waals surface area contributed by atoms with Gasteiger partial charge in [0.1, 0.15) is 11.9 Å². The summed E-state index contributed by atoms with van der Waals surface area (Å²) in [6, 6.07) is 6.93. The molecule has 0 radical (unpaired) electrons. The fourth-order valence-electron chi connectivity index (χ4n) is 1.29. The third kappa shape index (κ3) is 0.827. The van der Waals surface area contributed by atoms with Crippen LogP contribution in [-0.4, -0.2) is 5.11 Å². The normalized spacial score (nSPS) is 21.2. The van der Waals surface area contributed by atoms with Gasteiger partial charge in [0.15, 0.2) is 0 Å². The molecule has 0 spiro atoms. The summed E-state index contributed by atoms with van der Waals surface area (Å²) in [5.41, 5.74) is 1.17. The molecular weight excluding hydrogens is 143 g/mol. The van der Waals surface area contributed by atoms with Gasteiger partial charge in [-0.25, -0.2) is 4.39 Å². The van der Waals surface area contributed by atoms with Gasteiger partial charge in [0.25, 0.3) is 0 Å². The van der Waals surface area contributed by atoms with Crippen molar-refractivity contribution in [2.75, 3.05) is 0 Å². The van der Waals surface area contributed by atoms with Crippen LogP contribution in [0, 0.1) is 0 Å². The Labute approximate surface area is 63.8 Å². The van der Waals surface area contributed by atoms with Crippen molar-refractivity contribution in [3.8, 4) is 0 Å². The van der Waals surface area contributed by atoms with Crippen molar-refractivity contribution in [2.24, 2.45) is 0 Å². The van der Waals surface area contributed by atoms with E-state index in [1.807, 2.05) is 0 Å². The van der Waals surface area contributed by atoms with Gasteiger partial charge in [0.2, 0.25) is 0 Å². The molecule has 1 aromatic rings. The fraction of sp³-hybridized carbons (Fsp3) is 0.111. The van der Waals surface area contributed by atoms with Crippen LogP contribution < -0.4 is 0 Å². The van der Waals surface area contributed by atoms with Crippen LogP contribution in [0.1, 0.15) is 17.3 Å². The van der Waals surface area contributed by atoms with Crippen LogP contribution in [0.5, 0.6) is 0 Å². The van der Waals surface area contributed by atoms with E-state index in [1.54, 1.807) is 24.3 Å². The third-order valence-electron chi connectivity index (χ3n) is 1.84. The second-order valence-corrected chi connectivity index (χ2v) is 2.54. The molecule has 0 saturated carbocycles. The topological polar surface area (TPSA) is 20.2 Å². The SMILES string of the molecule is OC1=CC(F)c2ccccc21. The summed E-state index contributed by atoms with van der Waals surface area (Å²) in [6.45, 7) is 0. The Bertz CT molecular complexity index is 317. The van der Waals surface area contributed by atoms with Gasteiger partial charge in [0.05, 0.1) is 0 Å². The van der Waals surface area contributed by atoms with Crippen LogP contribution in [0.15, 0.2) is 30.3 Å². The van der Waals surface area contributed by atoms with Crippen LogP contribution >= 0.6 is 0 Å². The van der Waals surface area contributed by atoms with E-state index in [0.29, 0.717) is 11.1 Å². The molecule has 0 heterocycles. The van der Waals surface area contributed by atoms with Crippen LogP contribution in [0.2, 0.25) is 0 Å². The Balaban J connectivity index is 2.62. The molecule has 56 valence electrons. The number of halogens is 1. The van der Waals surface area contributed by atoms with Gasteiger partial charge in [-0.05, 0) is 6.08 Å².